The summed E-state index contributed by atoms with van der Waals surface area (Å²) >= 11 is 6.50. The van der Waals surface area contributed by atoms with Crippen LogP contribution in [0.2, 0.25) is 5.02 Å². The molecule has 0 bridgehead atoms. The number of rotatable bonds is 10. The van der Waals surface area contributed by atoms with Gasteiger partial charge in [0.2, 0.25) is 0 Å². The summed E-state index contributed by atoms with van der Waals surface area (Å²) < 4.78 is 25.1. The molecule has 0 unspecified atom stereocenters. The average molecular weight is 532 g/mol. The number of pyridine rings is 2. The second kappa shape index (κ2) is 14.0. The SMILES string of the molecule is C.COCCNC1CCC(Cc2cc(-c3ccc(F)c(NCC4(C#N)CCOCC4)n3)c(Cl)cn2)CC1. The highest BCUT2D eigenvalue weighted by Gasteiger charge is 2.33. The maximum Gasteiger partial charge on any atom is 0.165 e. The van der Waals surface area contributed by atoms with E-state index in [1.165, 1.54) is 6.07 Å². The van der Waals surface area contributed by atoms with Crippen LogP contribution in [0.3, 0.4) is 0 Å². The van der Waals surface area contributed by atoms with E-state index in [9.17, 15) is 9.65 Å². The Morgan fingerprint density at radius 1 is 1.24 bits per heavy atom. The maximum absolute atomic E-state index is 14.6. The van der Waals surface area contributed by atoms with E-state index in [1.807, 2.05) is 6.07 Å². The van der Waals surface area contributed by atoms with E-state index in [0.717, 1.165) is 56.5 Å². The summed E-state index contributed by atoms with van der Waals surface area (Å²) in [6.45, 7) is 3.01. The number of methoxy groups -OCH3 is 1. The Labute approximate surface area is 225 Å². The molecule has 2 aromatic heterocycles. The molecule has 0 aromatic carbocycles. The molecule has 0 radical (unpaired) electrons. The van der Waals surface area contributed by atoms with E-state index in [2.05, 4.69) is 26.7 Å². The van der Waals surface area contributed by atoms with Gasteiger partial charge in [0.05, 0.1) is 28.8 Å². The number of aromatic nitrogens is 2. The second-order valence-electron chi connectivity index (χ2n) is 9.91. The van der Waals surface area contributed by atoms with Crippen molar-refractivity contribution < 1.29 is 13.9 Å². The van der Waals surface area contributed by atoms with Crippen LogP contribution >= 0.6 is 11.6 Å². The number of nitriles is 1. The van der Waals surface area contributed by atoms with Gasteiger partial charge in [-0.3, -0.25) is 4.98 Å². The number of nitrogens with zero attached hydrogens (tertiary/aromatic N) is 3. The summed E-state index contributed by atoms with van der Waals surface area (Å²) in [5.41, 5.74) is 1.70. The van der Waals surface area contributed by atoms with Crippen molar-refractivity contribution in [2.24, 2.45) is 11.3 Å². The van der Waals surface area contributed by atoms with E-state index in [-0.39, 0.29) is 13.2 Å². The van der Waals surface area contributed by atoms with Crippen LogP contribution in [-0.2, 0) is 15.9 Å². The first-order valence-electron chi connectivity index (χ1n) is 12.8. The number of ether oxygens (including phenoxy) is 2. The Balaban J connectivity index is 0.00000380. The van der Waals surface area contributed by atoms with Gasteiger partial charge < -0.3 is 20.1 Å². The summed E-state index contributed by atoms with van der Waals surface area (Å²) in [6.07, 6.45) is 8.38. The van der Waals surface area contributed by atoms with Crippen molar-refractivity contribution in [2.45, 2.75) is 58.4 Å². The van der Waals surface area contributed by atoms with Crippen LogP contribution in [0.15, 0.2) is 24.4 Å². The lowest BCUT2D eigenvalue weighted by Crippen LogP contribution is -2.35. The van der Waals surface area contributed by atoms with E-state index < -0.39 is 11.2 Å². The summed E-state index contributed by atoms with van der Waals surface area (Å²) in [5.74, 6) is 0.245. The molecule has 37 heavy (non-hydrogen) atoms. The minimum Gasteiger partial charge on any atom is -0.383 e. The Hall–Kier alpha value is -2.31. The molecule has 2 aromatic rings. The molecule has 0 atom stereocenters. The Kier molecular flexibility index (Phi) is 11.1. The number of hydrogen-bond donors (Lipinski definition) is 2. The molecule has 9 heteroatoms. The van der Waals surface area contributed by atoms with E-state index >= 15 is 0 Å². The third-order valence-electron chi connectivity index (χ3n) is 7.40. The smallest absolute Gasteiger partial charge is 0.165 e. The topological polar surface area (TPSA) is 92.1 Å². The average Bonchev–Trinajstić information content (AvgIpc) is 2.91. The molecule has 1 saturated carbocycles. The molecule has 1 aliphatic heterocycles. The zero-order valence-corrected chi connectivity index (χ0v) is 21.6. The molecule has 0 spiro atoms. The van der Waals surface area contributed by atoms with Gasteiger partial charge in [0.1, 0.15) is 0 Å². The highest BCUT2D eigenvalue weighted by molar-refractivity contribution is 6.33. The van der Waals surface area contributed by atoms with Gasteiger partial charge >= 0.3 is 0 Å². The highest BCUT2D eigenvalue weighted by Crippen LogP contribution is 2.33. The van der Waals surface area contributed by atoms with Crippen LogP contribution in [0.5, 0.6) is 0 Å². The van der Waals surface area contributed by atoms with Crippen LogP contribution < -0.4 is 10.6 Å². The molecule has 2 aliphatic rings. The number of hydrogen-bond acceptors (Lipinski definition) is 7. The van der Waals surface area contributed by atoms with Gasteiger partial charge in [-0.1, -0.05) is 19.0 Å². The van der Waals surface area contributed by atoms with E-state index in [1.54, 1.807) is 19.4 Å². The minimum absolute atomic E-state index is 0. The summed E-state index contributed by atoms with van der Waals surface area (Å²) in [7, 11) is 1.72. The van der Waals surface area contributed by atoms with Crippen molar-refractivity contribution in [3.05, 3.63) is 40.9 Å². The molecular weight excluding hydrogens is 493 g/mol. The molecule has 0 amide bonds. The van der Waals surface area contributed by atoms with Gasteiger partial charge in [0, 0.05) is 56.9 Å². The first kappa shape index (κ1) is 29.2. The van der Waals surface area contributed by atoms with Gasteiger partial charge in [-0.05, 0) is 69.1 Å². The minimum atomic E-state index is -0.581. The second-order valence-corrected chi connectivity index (χ2v) is 10.3. The third-order valence-corrected chi connectivity index (χ3v) is 7.70. The van der Waals surface area contributed by atoms with Crippen LogP contribution in [0.25, 0.3) is 11.3 Å². The molecule has 2 N–H and O–H groups in total. The number of halogens is 2. The summed E-state index contributed by atoms with van der Waals surface area (Å²) in [5, 5.41) is 16.8. The zero-order chi connectivity index (χ0) is 25.4. The first-order chi connectivity index (χ1) is 17.5. The first-order valence-corrected chi connectivity index (χ1v) is 13.2. The largest absolute Gasteiger partial charge is 0.383 e. The van der Waals surface area contributed by atoms with Crippen molar-refractivity contribution >= 4 is 17.4 Å². The monoisotopic (exact) mass is 531 g/mol. The Bertz CT molecular complexity index is 1050. The fourth-order valence-electron chi connectivity index (χ4n) is 5.08. The van der Waals surface area contributed by atoms with Crippen molar-refractivity contribution in [1.29, 1.82) is 5.26 Å². The molecule has 4 rings (SSSR count). The van der Waals surface area contributed by atoms with Gasteiger partial charge in [-0.15, -0.1) is 0 Å². The predicted molar refractivity (Wildman–Crippen MR) is 145 cm³/mol. The van der Waals surface area contributed by atoms with Crippen molar-refractivity contribution in [1.82, 2.24) is 15.3 Å². The number of nitrogens with one attached hydrogen (secondary N) is 2. The van der Waals surface area contributed by atoms with Gasteiger partial charge in [0.15, 0.2) is 11.6 Å². The molecule has 3 heterocycles. The molecule has 2 fully saturated rings. The third kappa shape index (κ3) is 7.84. The summed E-state index contributed by atoms with van der Waals surface area (Å²) in [4.78, 5) is 9.10. The molecular formula is C28H39ClFN5O2. The fraction of sp³-hybridized carbons (Fsp3) is 0.607. The molecule has 1 saturated heterocycles. The zero-order valence-electron chi connectivity index (χ0n) is 20.9. The lowest BCUT2D eigenvalue weighted by Gasteiger charge is -2.30. The van der Waals surface area contributed by atoms with Crippen molar-refractivity contribution in [3.8, 4) is 17.3 Å². The summed E-state index contributed by atoms with van der Waals surface area (Å²) in [6, 6.07) is 7.95. The fourth-order valence-corrected chi connectivity index (χ4v) is 5.28. The normalized spacial score (nSPS) is 21.0. The van der Waals surface area contributed by atoms with E-state index in [4.69, 9.17) is 21.1 Å². The molecule has 1 aliphatic carbocycles. The Morgan fingerprint density at radius 3 is 2.70 bits per heavy atom. The molecule has 7 nitrogen and oxygen atoms in total. The van der Waals surface area contributed by atoms with Crippen LogP contribution in [0.4, 0.5) is 10.2 Å². The molecule has 202 valence electrons. The predicted octanol–water partition coefficient (Wildman–Crippen LogP) is 5.64. The number of anilines is 1. The van der Waals surface area contributed by atoms with Crippen LogP contribution in [0.1, 0.15) is 51.6 Å². The quantitative estimate of drug-likeness (QED) is 0.383. The maximum atomic E-state index is 14.6. The van der Waals surface area contributed by atoms with Crippen LogP contribution in [-0.4, -0.2) is 56.0 Å². The van der Waals surface area contributed by atoms with Crippen LogP contribution in [0, 0.1) is 28.5 Å². The van der Waals surface area contributed by atoms with Gasteiger partial charge in [-0.2, -0.15) is 5.26 Å². The van der Waals surface area contributed by atoms with Crippen molar-refractivity contribution in [3.63, 3.8) is 0 Å². The van der Waals surface area contributed by atoms with Crippen molar-refractivity contribution in [2.75, 3.05) is 45.3 Å². The lowest BCUT2D eigenvalue weighted by molar-refractivity contribution is 0.0455. The van der Waals surface area contributed by atoms with Gasteiger partial charge in [-0.25, -0.2) is 9.37 Å². The lowest BCUT2D eigenvalue weighted by atomic mass is 9.82. The standard InChI is InChI=1S/C27H35ClFN5O2.CH4/c1-35-13-10-31-20-4-2-19(3-5-20)14-21-15-22(23(28)16-32-21)25-7-6-24(29)26(34-25)33-18-27(17-30)8-11-36-12-9-27;/h6-7,15-16,19-20,31H,2-5,8-14,18H2,1H3,(H,33,34);1H4. The Morgan fingerprint density at radius 2 is 2.00 bits per heavy atom. The van der Waals surface area contributed by atoms with E-state index in [0.29, 0.717) is 55.3 Å². The highest BCUT2D eigenvalue weighted by atomic mass is 35.5. The van der Waals surface area contributed by atoms with Gasteiger partial charge in [0.25, 0.3) is 0 Å².